The summed E-state index contributed by atoms with van der Waals surface area (Å²) in [5.74, 6) is 0.396. The molecule has 0 unspecified atom stereocenters. The molecule has 0 saturated heterocycles. The number of nitrogens with zero attached hydrogens (tertiary/aromatic N) is 2. The van der Waals surface area contributed by atoms with Crippen LogP contribution in [0.4, 0.5) is 0 Å². The Morgan fingerprint density at radius 1 is 1.45 bits per heavy atom. The molecule has 2 rings (SSSR count). The fraction of sp³-hybridized carbons (Fsp3) is 0.733. The third kappa shape index (κ3) is 2.35. The third-order valence-electron chi connectivity index (χ3n) is 4.96. The van der Waals surface area contributed by atoms with Crippen molar-refractivity contribution in [2.45, 2.75) is 52.3 Å². The van der Waals surface area contributed by atoms with Crippen molar-refractivity contribution in [2.75, 3.05) is 7.11 Å². The SMILES string of the molecule is CCC1(CC)[C@H](NC(=O)Cn2ccnc2)[C@H](C)[C@@H]1OC. The molecule has 1 N–H and O–H groups in total. The van der Waals surface area contributed by atoms with Crippen molar-refractivity contribution in [3.8, 4) is 0 Å². The lowest BCUT2D eigenvalue weighted by atomic mass is 9.53. The molecule has 1 aliphatic rings. The van der Waals surface area contributed by atoms with E-state index in [9.17, 15) is 4.79 Å². The van der Waals surface area contributed by atoms with Crippen LogP contribution in [0.5, 0.6) is 0 Å². The van der Waals surface area contributed by atoms with Gasteiger partial charge in [-0.15, -0.1) is 0 Å². The fourth-order valence-corrected chi connectivity index (χ4v) is 3.86. The molecule has 1 aromatic rings. The summed E-state index contributed by atoms with van der Waals surface area (Å²) in [6.45, 7) is 6.83. The first-order valence-electron chi connectivity index (χ1n) is 7.37. The van der Waals surface area contributed by atoms with Crippen LogP contribution in [-0.2, 0) is 16.1 Å². The number of nitrogens with one attached hydrogen (secondary N) is 1. The Balaban J connectivity index is 2.02. The van der Waals surface area contributed by atoms with Crippen LogP contribution >= 0.6 is 0 Å². The van der Waals surface area contributed by atoms with Crippen LogP contribution in [0, 0.1) is 11.3 Å². The monoisotopic (exact) mass is 279 g/mol. The Morgan fingerprint density at radius 2 is 2.15 bits per heavy atom. The number of aromatic nitrogens is 2. The minimum Gasteiger partial charge on any atom is -0.380 e. The normalized spacial score (nSPS) is 27.9. The summed E-state index contributed by atoms with van der Waals surface area (Å²) in [6, 6.07) is 0.193. The van der Waals surface area contributed by atoms with Gasteiger partial charge in [0.1, 0.15) is 6.54 Å². The standard InChI is InChI=1S/C15H25N3O2/c1-5-15(6-2)13(11(3)14(15)20-4)17-12(19)9-18-8-7-16-10-18/h7-8,10-11,13-14H,5-6,9H2,1-4H3,(H,17,19)/t11-,13+,14-/m0/s1. The highest BCUT2D eigenvalue weighted by Gasteiger charge is 2.58. The zero-order valence-electron chi connectivity index (χ0n) is 12.8. The Kier molecular flexibility index (Phi) is 4.48. The number of carbonyl (C=O) groups excluding carboxylic acids is 1. The molecule has 3 atom stereocenters. The van der Waals surface area contributed by atoms with Gasteiger partial charge < -0.3 is 14.6 Å². The van der Waals surface area contributed by atoms with Crippen LogP contribution in [0.1, 0.15) is 33.6 Å². The second kappa shape index (κ2) is 5.95. The van der Waals surface area contributed by atoms with E-state index in [4.69, 9.17) is 4.74 Å². The molecule has 0 bridgehead atoms. The quantitative estimate of drug-likeness (QED) is 0.864. The van der Waals surface area contributed by atoms with Crippen LogP contribution in [0.25, 0.3) is 0 Å². The maximum Gasteiger partial charge on any atom is 0.240 e. The van der Waals surface area contributed by atoms with Crippen molar-refractivity contribution < 1.29 is 9.53 Å². The van der Waals surface area contributed by atoms with Crippen LogP contribution in [-0.4, -0.2) is 34.7 Å². The Hall–Kier alpha value is -1.36. The fourth-order valence-electron chi connectivity index (χ4n) is 3.86. The molecule has 1 heterocycles. The molecule has 20 heavy (non-hydrogen) atoms. The van der Waals surface area contributed by atoms with Gasteiger partial charge in [0.25, 0.3) is 0 Å². The van der Waals surface area contributed by atoms with Crippen molar-refractivity contribution in [1.29, 1.82) is 0 Å². The first-order valence-corrected chi connectivity index (χ1v) is 7.37. The van der Waals surface area contributed by atoms with Crippen molar-refractivity contribution in [2.24, 2.45) is 11.3 Å². The highest BCUT2D eigenvalue weighted by atomic mass is 16.5. The van der Waals surface area contributed by atoms with Crippen molar-refractivity contribution in [1.82, 2.24) is 14.9 Å². The lowest BCUT2D eigenvalue weighted by Crippen LogP contribution is -2.70. The second-order valence-electron chi connectivity index (χ2n) is 5.74. The smallest absolute Gasteiger partial charge is 0.240 e. The number of hydrogen-bond donors (Lipinski definition) is 1. The summed E-state index contributed by atoms with van der Waals surface area (Å²) in [4.78, 5) is 16.1. The van der Waals surface area contributed by atoms with Crippen molar-refractivity contribution in [3.05, 3.63) is 18.7 Å². The third-order valence-corrected chi connectivity index (χ3v) is 4.96. The molecular formula is C15H25N3O2. The van der Waals surface area contributed by atoms with Gasteiger partial charge in [0.05, 0.1) is 12.4 Å². The molecule has 1 aliphatic carbocycles. The molecular weight excluding hydrogens is 254 g/mol. The predicted octanol–water partition coefficient (Wildman–Crippen LogP) is 1.84. The van der Waals surface area contributed by atoms with Gasteiger partial charge in [0.2, 0.25) is 5.91 Å². The lowest BCUT2D eigenvalue weighted by Gasteiger charge is -2.59. The van der Waals surface area contributed by atoms with Crippen LogP contribution in [0.3, 0.4) is 0 Å². The maximum atomic E-state index is 12.2. The first kappa shape index (κ1) is 15.0. The van der Waals surface area contributed by atoms with Gasteiger partial charge in [-0.2, -0.15) is 0 Å². The van der Waals surface area contributed by atoms with Crippen LogP contribution in [0.15, 0.2) is 18.7 Å². The van der Waals surface area contributed by atoms with Gasteiger partial charge in [-0.1, -0.05) is 20.8 Å². The highest BCUT2D eigenvalue weighted by molar-refractivity contribution is 5.76. The molecule has 0 spiro atoms. The van der Waals surface area contributed by atoms with Gasteiger partial charge >= 0.3 is 0 Å². The number of methoxy groups -OCH3 is 1. The summed E-state index contributed by atoms with van der Waals surface area (Å²) in [6.07, 6.45) is 7.41. The first-order chi connectivity index (χ1) is 9.58. The topological polar surface area (TPSA) is 56.2 Å². The summed E-state index contributed by atoms with van der Waals surface area (Å²) in [5.41, 5.74) is 0.0682. The van der Waals surface area contributed by atoms with Gasteiger partial charge in [0.15, 0.2) is 0 Å². The molecule has 112 valence electrons. The number of amides is 1. The number of imidazole rings is 1. The van der Waals surface area contributed by atoms with E-state index >= 15 is 0 Å². The average Bonchev–Trinajstić information content (AvgIpc) is 2.94. The second-order valence-corrected chi connectivity index (χ2v) is 5.74. The molecule has 1 aromatic heterocycles. The zero-order chi connectivity index (χ0) is 14.8. The number of rotatable bonds is 6. The zero-order valence-corrected chi connectivity index (χ0v) is 12.8. The van der Waals surface area contributed by atoms with Crippen molar-refractivity contribution >= 4 is 5.91 Å². The van der Waals surface area contributed by atoms with E-state index in [2.05, 4.69) is 31.1 Å². The molecule has 1 fully saturated rings. The van der Waals surface area contributed by atoms with E-state index in [-0.39, 0.29) is 23.5 Å². The van der Waals surface area contributed by atoms with Gasteiger partial charge in [-0.05, 0) is 12.8 Å². The summed E-state index contributed by atoms with van der Waals surface area (Å²) in [7, 11) is 1.77. The van der Waals surface area contributed by atoms with E-state index in [1.165, 1.54) is 0 Å². The van der Waals surface area contributed by atoms with E-state index in [0.29, 0.717) is 12.5 Å². The van der Waals surface area contributed by atoms with E-state index in [1.54, 1.807) is 30.4 Å². The van der Waals surface area contributed by atoms with E-state index in [0.717, 1.165) is 12.8 Å². The maximum absolute atomic E-state index is 12.2. The van der Waals surface area contributed by atoms with E-state index in [1.807, 2.05) is 0 Å². The lowest BCUT2D eigenvalue weighted by molar-refractivity contribution is -0.172. The van der Waals surface area contributed by atoms with E-state index < -0.39 is 0 Å². The van der Waals surface area contributed by atoms with Crippen LogP contribution < -0.4 is 5.32 Å². The number of carbonyl (C=O) groups is 1. The minimum atomic E-state index is 0.0423. The van der Waals surface area contributed by atoms with Crippen molar-refractivity contribution in [3.63, 3.8) is 0 Å². The number of ether oxygens (including phenoxy) is 1. The minimum absolute atomic E-state index is 0.0423. The highest BCUT2D eigenvalue weighted by Crippen LogP contribution is 2.52. The molecule has 1 saturated carbocycles. The summed E-state index contributed by atoms with van der Waals surface area (Å²) in [5, 5.41) is 3.19. The largest absolute Gasteiger partial charge is 0.380 e. The predicted molar refractivity (Wildman–Crippen MR) is 77.1 cm³/mol. The van der Waals surface area contributed by atoms with Gasteiger partial charge in [0, 0.05) is 36.9 Å². The van der Waals surface area contributed by atoms with Gasteiger partial charge in [-0.25, -0.2) is 4.98 Å². The molecule has 0 aliphatic heterocycles. The summed E-state index contributed by atoms with van der Waals surface area (Å²) < 4.78 is 7.43. The Bertz CT molecular complexity index is 440. The molecule has 1 amide bonds. The summed E-state index contributed by atoms with van der Waals surface area (Å²) >= 11 is 0. The van der Waals surface area contributed by atoms with Gasteiger partial charge in [-0.3, -0.25) is 4.79 Å². The Labute approximate surface area is 120 Å². The average molecular weight is 279 g/mol. The molecule has 0 aromatic carbocycles. The molecule has 5 nitrogen and oxygen atoms in total. The molecule has 0 radical (unpaired) electrons. The Morgan fingerprint density at radius 3 is 2.65 bits per heavy atom. The number of hydrogen-bond acceptors (Lipinski definition) is 3. The van der Waals surface area contributed by atoms with Crippen LogP contribution in [0.2, 0.25) is 0 Å². The molecule has 5 heteroatoms.